The first-order valence-electron chi connectivity index (χ1n) is 9.36. The van der Waals surface area contributed by atoms with E-state index < -0.39 is 0 Å². The molecule has 0 radical (unpaired) electrons. The van der Waals surface area contributed by atoms with Crippen LogP contribution in [0.4, 0.5) is 0 Å². The Morgan fingerprint density at radius 1 is 1.21 bits per heavy atom. The number of aromatic amines is 1. The molecule has 4 rings (SSSR count). The lowest BCUT2D eigenvalue weighted by molar-refractivity contribution is -0.119. The summed E-state index contributed by atoms with van der Waals surface area (Å²) in [4.78, 5) is 21.6. The molecule has 29 heavy (non-hydrogen) atoms. The van der Waals surface area contributed by atoms with E-state index in [1.807, 2.05) is 73.0 Å². The highest BCUT2D eigenvalue weighted by Crippen LogP contribution is 2.27. The lowest BCUT2D eigenvalue weighted by Gasteiger charge is -2.17. The van der Waals surface area contributed by atoms with Crippen LogP contribution in [0, 0.1) is 0 Å². The number of thioether (sulfide) groups is 1. The molecule has 1 atom stereocenters. The third-order valence-electron chi connectivity index (χ3n) is 4.35. The minimum absolute atomic E-state index is 0.0345. The summed E-state index contributed by atoms with van der Waals surface area (Å²) in [6, 6.07) is 19.7. The molecule has 0 saturated heterocycles. The van der Waals surface area contributed by atoms with Crippen molar-refractivity contribution < 1.29 is 9.53 Å². The number of carbonyl (C=O) groups excluding carboxylic acids is 1. The fourth-order valence-electron chi connectivity index (χ4n) is 3.05. The van der Waals surface area contributed by atoms with Crippen LogP contribution < -0.4 is 10.1 Å². The van der Waals surface area contributed by atoms with E-state index in [1.165, 1.54) is 11.8 Å². The minimum Gasteiger partial charge on any atom is -0.494 e. The summed E-state index contributed by atoms with van der Waals surface area (Å²) < 4.78 is 5.52. The Kier molecular flexibility index (Phi) is 6.17. The van der Waals surface area contributed by atoms with Crippen LogP contribution in [0.15, 0.2) is 71.2 Å². The monoisotopic (exact) mass is 423 g/mol. The summed E-state index contributed by atoms with van der Waals surface area (Å²) >= 11 is 3.03. The summed E-state index contributed by atoms with van der Waals surface area (Å²) in [5.74, 6) is 1.06. The predicted octanol–water partition coefficient (Wildman–Crippen LogP) is 5.02. The summed E-state index contributed by atoms with van der Waals surface area (Å²) in [5.41, 5.74) is 2.83. The van der Waals surface area contributed by atoms with E-state index in [4.69, 9.17) is 4.74 Å². The molecule has 2 N–H and O–H groups in total. The van der Waals surface area contributed by atoms with E-state index in [0.29, 0.717) is 6.61 Å². The number of imidazole rings is 1. The SMILES string of the molecule is CCOc1ccc2nc(SCC(=O)N[C@H](c3ccccc3)c3cccs3)[nH]c2c1. The van der Waals surface area contributed by atoms with E-state index in [9.17, 15) is 4.79 Å². The molecule has 0 saturated carbocycles. The number of nitrogens with one attached hydrogen (secondary N) is 2. The van der Waals surface area contributed by atoms with E-state index in [1.54, 1.807) is 11.3 Å². The lowest BCUT2D eigenvalue weighted by atomic mass is 10.1. The van der Waals surface area contributed by atoms with Crippen LogP contribution in [-0.2, 0) is 4.79 Å². The second-order valence-electron chi connectivity index (χ2n) is 6.37. The summed E-state index contributed by atoms with van der Waals surface area (Å²) in [6.45, 7) is 2.57. The number of thiophene rings is 1. The number of ether oxygens (including phenoxy) is 1. The maximum Gasteiger partial charge on any atom is 0.231 e. The summed E-state index contributed by atoms with van der Waals surface area (Å²) in [5, 5.41) is 5.90. The van der Waals surface area contributed by atoms with Crippen molar-refractivity contribution in [2.45, 2.75) is 18.1 Å². The number of benzene rings is 2. The topological polar surface area (TPSA) is 67.0 Å². The van der Waals surface area contributed by atoms with Crippen LogP contribution >= 0.6 is 23.1 Å². The zero-order chi connectivity index (χ0) is 20.1. The molecule has 2 aromatic heterocycles. The number of carbonyl (C=O) groups is 1. The van der Waals surface area contributed by atoms with Gasteiger partial charge in [0.25, 0.3) is 0 Å². The third-order valence-corrected chi connectivity index (χ3v) is 6.16. The van der Waals surface area contributed by atoms with Crippen molar-refractivity contribution in [3.8, 4) is 5.75 Å². The van der Waals surface area contributed by atoms with Crippen LogP contribution in [0.25, 0.3) is 11.0 Å². The zero-order valence-corrected chi connectivity index (χ0v) is 17.6. The van der Waals surface area contributed by atoms with Crippen molar-refractivity contribution in [3.05, 3.63) is 76.5 Å². The fraction of sp³-hybridized carbons (Fsp3) is 0.182. The second kappa shape index (κ2) is 9.15. The van der Waals surface area contributed by atoms with Crippen molar-refractivity contribution in [1.82, 2.24) is 15.3 Å². The van der Waals surface area contributed by atoms with Gasteiger partial charge >= 0.3 is 0 Å². The Balaban J connectivity index is 1.43. The normalized spacial score (nSPS) is 12.0. The molecule has 148 valence electrons. The van der Waals surface area contributed by atoms with Gasteiger partial charge in [0, 0.05) is 10.9 Å². The molecular formula is C22H21N3O2S2. The molecule has 2 aromatic carbocycles. The third kappa shape index (κ3) is 4.81. The Bertz CT molecular complexity index is 1080. The summed E-state index contributed by atoms with van der Waals surface area (Å²) in [7, 11) is 0. The molecule has 0 fully saturated rings. The van der Waals surface area contributed by atoms with Crippen molar-refractivity contribution >= 4 is 40.0 Å². The van der Waals surface area contributed by atoms with E-state index >= 15 is 0 Å². The summed E-state index contributed by atoms with van der Waals surface area (Å²) in [6.07, 6.45) is 0. The quantitative estimate of drug-likeness (QED) is 0.391. The van der Waals surface area contributed by atoms with Crippen LogP contribution in [0.3, 0.4) is 0 Å². The first-order valence-corrected chi connectivity index (χ1v) is 11.2. The number of nitrogens with zero attached hydrogens (tertiary/aromatic N) is 1. The molecule has 2 heterocycles. The number of H-pyrrole nitrogens is 1. The fourth-order valence-corrected chi connectivity index (χ4v) is 4.55. The van der Waals surface area contributed by atoms with Gasteiger partial charge in [0.05, 0.1) is 29.4 Å². The zero-order valence-electron chi connectivity index (χ0n) is 15.9. The Hall–Kier alpha value is -2.77. The molecule has 7 heteroatoms. The average Bonchev–Trinajstić information content (AvgIpc) is 3.41. The average molecular weight is 424 g/mol. The number of amides is 1. The van der Waals surface area contributed by atoms with Gasteiger partial charge in [-0.1, -0.05) is 48.2 Å². The number of hydrogen-bond donors (Lipinski definition) is 2. The molecule has 4 aromatic rings. The van der Waals surface area contributed by atoms with E-state index in [2.05, 4.69) is 15.3 Å². The predicted molar refractivity (Wildman–Crippen MR) is 119 cm³/mol. The molecule has 0 unspecified atom stereocenters. The molecule has 5 nitrogen and oxygen atoms in total. The number of hydrogen-bond acceptors (Lipinski definition) is 5. The van der Waals surface area contributed by atoms with Gasteiger partial charge in [0.15, 0.2) is 5.16 Å². The highest BCUT2D eigenvalue weighted by molar-refractivity contribution is 7.99. The first-order chi connectivity index (χ1) is 14.2. The first kappa shape index (κ1) is 19.5. The van der Waals surface area contributed by atoms with Gasteiger partial charge in [0.2, 0.25) is 5.91 Å². The highest BCUT2D eigenvalue weighted by Gasteiger charge is 2.18. The maximum absolute atomic E-state index is 12.7. The maximum atomic E-state index is 12.7. The van der Waals surface area contributed by atoms with Crippen LogP contribution in [0.2, 0.25) is 0 Å². The molecular weight excluding hydrogens is 402 g/mol. The number of fused-ring (bicyclic) bond motifs is 1. The van der Waals surface area contributed by atoms with Gasteiger partial charge in [-0.25, -0.2) is 4.98 Å². The van der Waals surface area contributed by atoms with Crippen molar-refractivity contribution in [2.75, 3.05) is 12.4 Å². The van der Waals surface area contributed by atoms with Crippen LogP contribution in [0.5, 0.6) is 5.75 Å². The highest BCUT2D eigenvalue weighted by atomic mass is 32.2. The number of aromatic nitrogens is 2. The van der Waals surface area contributed by atoms with Gasteiger partial charge in [-0.05, 0) is 36.1 Å². The van der Waals surface area contributed by atoms with Crippen molar-refractivity contribution in [1.29, 1.82) is 0 Å². The largest absolute Gasteiger partial charge is 0.494 e. The number of rotatable bonds is 8. The lowest BCUT2D eigenvalue weighted by Crippen LogP contribution is -2.30. The molecule has 0 bridgehead atoms. The molecule has 1 amide bonds. The van der Waals surface area contributed by atoms with E-state index in [-0.39, 0.29) is 17.7 Å². The molecule has 0 aliphatic heterocycles. The van der Waals surface area contributed by atoms with E-state index in [0.717, 1.165) is 32.4 Å². The van der Waals surface area contributed by atoms with Gasteiger partial charge in [0.1, 0.15) is 5.75 Å². The van der Waals surface area contributed by atoms with Gasteiger partial charge in [-0.2, -0.15) is 0 Å². The van der Waals surface area contributed by atoms with Crippen LogP contribution in [0.1, 0.15) is 23.4 Å². The molecule has 0 spiro atoms. The van der Waals surface area contributed by atoms with Gasteiger partial charge < -0.3 is 15.0 Å². The van der Waals surface area contributed by atoms with Gasteiger partial charge in [-0.15, -0.1) is 11.3 Å². The molecule has 0 aliphatic carbocycles. The molecule has 0 aliphatic rings. The van der Waals surface area contributed by atoms with Crippen molar-refractivity contribution in [3.63, 3.8) is 0 Å². The smallest absolute Gasteiger partial charge is 0.231 e. The standard InChI is InChI=1S/C22H21N3O2S2/c1-2-27-16-10-11-17-18(13-16)24-22(23-17)29-14-20(26)25-21(19-9-6-12-28-19)15-7-4-3-5-8-15/h3-13,21H,2,14H2,1H3,(H,23,24)(H,25,26)/t21-/m1/s1. The van der Waals surface area contributed by atoms with Crippen molar-refractivity contribution in [2.24, 2.45) is 0 Å². The Labute approximate surface area is 177 Å². The second-order valence-corrected chi connectivity index (χ2v) is 8.31. The Morgan fingerprint density at radius 3 is 2.83 bits per heavy atom. The Morgan fingerprint density at radius 2 is 2.07 bits per heavy atom. The van der Waals surface area contributed by atoms with Gasteiger partial charge in [-0.3, -0.25) is 4.79 Å². The van der Waals surface area contributed by atoms with Crippen LogP contribution in [-0.4, -0.2) is 28.2 Å². The minimum atomic E-state index is -0.145.